The second kappa shape index (κ2) is 9.91. The molecule has 2 heterocycles. The zero-order valence-corrected chi connectivity index (χ0v) is 18.5. The monoisotopic (exact) mass is 438 g/mol. The van der Waals surface area contributed by atoms with Crippen LogP contribution in [-0.4, -0.2) is 57.4 Å². The molecule has 2 N–H and O–H groups in total. The summed E-state index contributed by atoms with van der Waals surface area (Å²) in [5, 5.41) is 5.59. The number of methoxy groups -OCH3 is 1. The van der Waals surface area contributed by atoms with Crippen molar-refractivity contribution in [3.8, 4) is 5.75 Å². The number of carbonyl (C=O) groups excluding carboxylic acids is 2. The number of anilines is 3. The van der Waals surface area contributed by atoms with Gasteiger partial charge in [-0.3, -0.25) is 4.79 Å². The molecule has 0 spiro atoms. The molecule has 32 heavy (non-hydrogen) atoms. The van der Waals surface area contributed by atoms with Crippen LogP contribution in [0.15, 0.2) is 48.5 Å². The number of nitrogens with one attached hydrogen (secondary N) is 2. The number of amides is 3. The number of hydrogen-bond acceptors (Lipinski definition) is 5. The molecule has 8 nitrogen and oxygen atoms in total. The number of urea groups is 1. The van der Waals surface area contributed by atoms with E-state index in [1.165, 1.54) is 0 Å². The van der Waals surface area contributed by atoms with Crippen LogP contribution in [0.3, 0.4) is 0 Å². The van der Waals surface area contributed by atoms with Gasteiger partial charge in [0, 0.05) is 36.2 Å². The first-order valence-corrected chi connectivity index (χ1v) is 11.0. The molecule has 2 aromatic carbocycles. The van der Waals surface area contributed by atoms with Crippen molar-refractivity contribution in [1.82, 2.24) is 5.32 Å². The standard InChI is InChI=1S/C24H30N4O4/c1-17-16-32-15-14-27(17)19-7-9-20(10-8-19)28-13-3-4-22(23(28)29)26-24(30)25-18-5-11-21(31-2)12-6-18/h5-12,17,22H,3-4,13-16H2,1-2H3,(H2,25,26,30)/t17-,22?/m1/s1. The highest BCUT2D eigenvalue weighted by Crippen LogP contribution is 2.26. The zero-order valence-electron chi connectivity index (χ0n) is 18.5. The van der Waals surface area contributed by atoms with Crippen LogP contribution in [0.2, 0.25) is 0 Å². The third kappa shape index (κ3) is 4.96. The number of ether oxygens (including phenoxy) is 2. The molecule has 0 radical (unpaired) electrons. The fourth-order valence-corrected chi connectivity index (χ4v) is 4.20. The number of carbonyl (C=O) groups is 2. The first-order chi connectivity index (χ1) is 15.5. The molecule has 0 saturated carbocycles. The van der Waals surface area contributed by atoms with Crippen LogP contribution in [0, 0.1) is 0 Å². The Bertz CT molecular complexity index is 932. The fourth-order valence-electron chi connectivity index (χ4n) is 4.20. The molecule has 1 unspecified atom stereocenters. The predicted octanol–water partition coefficient (Wildman–Crippen LogP) is 3.24. The summed E-state index contributed by atoms with van der Waals surface area (Å²) in [5.41, 5.74) is 2.61. The van der Waals surface area contributed by atoms with Gasteiger partial charge in [0.2, 0.25) is 5.91 Å². The fraction of sp³-hybridized carbons (Fsp3) is 0.417. The largest absolute Gasteiger partial charge is 0.497 e. The van der Waals surface area contributed by atoms with Crippen molar-refractivity contribution in [3.63, 3.8) is 0 Å². The van der Waals surface area contributed by atoms with Crippen LogP contribution in [0.5, 0.6) is 5.75 Å². The molecule has 170 valence electrons. The Morgan fingerprint density at radius 1 is 1.06 bits per heavy atom. The number of rotatable bonds is 5. The Kier molecular flexibility index (Phi) is 6.80. The zero-order chi connectivity index (χ0) is 22.5. The summed E-state index contributed by atoms with van der Waals surface area (Å²) < 4.78 is 10.6. The molecule has 4 rings (SSSR count). The van der Waals surface area contributed by atoms with E-state index in [4.69, 9.17) is 9.47 Å². The van der Waals surface area contributed by atoms with Crippen molar-refractivity contribution >= 4 is 29.0 Å². The smallest absolute Gasteiger partial charge is 0.319 e. The molecule has 2 atom stereocenters. The summed E-state index contributed by atoms with van der Waals surface area (Å²) in [4.78, 5) is 29.6. The van der Waals surface area contributed by atoms with Gasteiger partial charge in [0.05, 0.1) is 20.3 Å². The molecule has 2 aliphatic heterocycles. The van der Waals surface area contributed by atoms with Crippen LogP contribution in [-0.2, 0) is 9.53 Å². The van der Waals surface area contributed by atoms with Gasteiger partial charge in [-0.2, -0.15) is 0 Å². The van der Waals surface area contributed by atoms with Gasteiger partial charge in [0.1, 0.15) is 11.8 Å². The average molecular weight is 439 g/mol. The van der Waals surface area contributed by atoms with E-state index in [0.717, 1.165) is 37.6 Å². The Morgan fingerprint density at radius 3 is 2.47 bits per heavy atom. The van der Waals surface area contributed by atoms with Crippen molar-refractivity contribution < 1.29 is 19.1 Å². The average Bonchev–Trinajstić information content (AvgIpc) is 2.81. The van der Waals surface area contributed by atoms with E-state index < -0.39 is 12.1 Å². The lowest BCUT2D eigenvalue weighted by Gasteiger charge is -2.36. The summed E-state index contributed by atoms with van der Waals surface area (Å²) in [5.74, 6) is 0.622. The highest BCUT2D eigenvalue weighted by Gasteiger charge is 2.31. The SMILES string of the molecule is COc1ccc(NC(=O)NC2CCCN(c3ccc(N4CCOC[C@H]4C)cc3)C2=O)cc1. The van der Waals surface area contributed by atoms with E-state index >= 15 is 0 Å². The topological polar surface area (TPSA) is 83.1 Å². The lowest BCUT2D eigenvalue weighted by atomic mass is 10.0. The van der Waals surface area contributed by atoms with E-state index in [1.54, 1.807) is 36.3 Å². The van der Waals surface area contributed by atoms with Gasteiger partial charge in [-0.15, -0.1) is 0 Å². The van der Waals surface area contributed by atoms with Gasteiger partial charge >= 0.3 is 6.03 Å². The Hall–Kier alpha value is -3.26. The number of hydrogen-bond donors (Lipinski definition) is 2. The van der Waals surface area contributed by atoms with E-state index in [1.807, 2.05) is 12.1 Å². The van der Waals surface area contributed by atoms with Crippen LogP contribution in [0.1, 0.15) is 19.8 Å². The maximum atomic E-state index is 13.1. The van der Waals surface area contributed by atoms with Crippen molar-refractivity contribution in [2.75, 3.05) is 48.5 Å². The third-order valence-electron chi connectivity index (χ3n) is 5.95. The van der Waals surface area contributed by atoms with E-state index in [2.05, 4.69) is 34.6 Å². The Morgan fingerprint density at radius 2 is 1.78 bits per heavy atom. The highest BCUT2D eigenvalue weighted by molar-refractivity contribution is 6.01. The van der Waals surface area contributed by atoms with Gasteiger partial charge in [-0.25, -0.2) is 4.79 Å². The third-order valence-corrected chi connectivity index (χ3v) is 5.95. The van der Waals surface area contributed by atoms with Gasteiger partial charge in [-0.1, -0.05) is 0 Å². The van der Waals surface area contributed by atoms with Crippen molar-refractivity contribution in [3.05, 3.63) is 48.5 Å². The normalized spacial score (nSPS) is 21.2. The van der Waals surface area contributed by atoms with Crippen molar-refractivity contribution in [2.45, 2.75) is 31.8 Å². The molecule has 0 aromatic heterocycles. The Balaban J connectivity index is 1.37. The van der Waals surface area contributed by atoms with E-state index in [9.17, 15) is 9.59 Å². The summed E-state index contributed by atoms with van der Waals surface area (Å²) >= 11 is 0. The molecule has 8 heteroatoms. The quantitative estimate of drug-likeness (QED) is 0.749. The van der Waals surface area contributed by atoms with Crippen LogP contribution in [0.4, 0.5) is 21.9 Å². The van der Waals surface area contributed by atoms with Crippen LogP contribution >= 0.6 is 0 Å². The molecule has 3 amide bonds. The summed E-state index contributed by atoms with van der Waals surface area (Å²) in [7, 11) is 1.59. The lowest BCUT2D eigenvalue weighted by Crippen LogP contribution is -2.53. The minimum atomic E-state index is -0.555. The molecule has 2 saturated heterocycles. The summed E-state index contributed by atoms with van der Waals surface area (Å²) in [6, 6.07) is 14.5. The molecular weight excluding hydrogens is 408 g/mol. The maximum absolute atomic E-state index is 13.1. The van der Waals surface area contributed by atoms with E-state index in [-0.39, 0.29) is 5.91 Å². The van der Waals surface area contributed by atoms with Gasteiger partial charge < -0.3 is 29.9 Å². The molecule has 2 fully saturated rings. The maximum Gasteiger partial charge on any atom is 0.319 e. The molecule has 0 bridgehead atoms. The molecule has 2 aromatic rings. The first-order valence-electron chi connectivity index (χ1n) is 11.0. The number of piperidine rings is 1. The van der Waals surface area contributed by atoms with Gasteiger partial charge in [0.15, 0.2) is 0 Å². The lowest BCUT2D eigenvalue weighted by molar-refractivity contribution is -0.121. The first kappa shape index (κ1) is 22.0. The molecule has 2 aliphatic rings. The van der Waals surface area contributed by atoms with Gasteiger partial charge in [0.25, 0.3) is 0 Å². The molecule has 0 aliphatic carbocycles. The second-order valence-electron chi connectivity index (χ2n) is 8.15. The second-order valence-corrected chi connectivity index (χ2v) is 8.15. The summed E-state index contributed by atoms with van der Waals surface area (Å²) in [6.45, 7) is 5.10. The van der Waals surface area contributed by atoms with Crippen LogP contribution < -0.4 is 25.2 Å². The van der Waals surface area contributed by atoms with Crippen molar-refractivity contribution in [2.24, 2.45) is 0 Å². The predicted molar refractivity (Wildman–Crippen MR) is 125 cm³/mol. The van der Waals surface area contributed by atoms with E-state index in [0.29, 0.717) is 30.4 Å². The highest BCUT2D eigenvalue weighted by atomic mass is 16.5. The number of morpholine rings is 1. The van der Waals surface area contributed by atoms with Crippen molar-refractivity contribution in [1.29, 1.82) is 0 Å². The summed E-state index contributed by atoms with van der Waals surface area (Å²) in [6.07, 6.45) is 1.44. The number of nitrogens with zero attached hydrogens (tertiary/aromatic N) is 2. The minimum absolute atomic E-state index is 0.0892. The van der Waals surface area contributed by atoms with Gasteiger partial charge in [-0.05, 0) is 68.3 Å². The number of benzene rings is 2. The Labute approximate surface area is 188 Å². The molecular formula is C24H30N4O4. The minimum Gasteiger partial charge on any atom is -0.497 e. The van der Waals surface area contributed by atoms with Crippen LogP contribution in [0.25, 0.3) is 0 Å².